The van der Waals surface area contributed by atoms with Crippen molar-refractivity contribution in [3.8, 4) is 0 Å². The number of hydrogen-bond donors (Lipinski definition) is 1. The molecule has 1 aromatic heterocycles. The van der Waals surface area contributed by atoms with Gasteiger partial charge in [0.05, 0.1) is 0 Å². The summed E-state index contributed by atoms with van der Waals surface area (Å²) in [5, 5.41) is 11.3. The lowest BCUT2D eigenvalue weighted by Crippen LogP contribution is -2.26. The van der Waals surface area contributed by atoms with E-state index in [1.165, 1.54) is 11.3 Å². The van der Waals surface area contributed by atoms with Crippen LogP contribution in [0.4, 0.5) is 17.2 Å². The quantitative estimate of drug-likeness (QED) is 0.776. The summed E-state index contributed by atoms with van der Waals surface area (Å²) in [6.45, 7) is 2.86. The predicted molar refractivity (Wildman–Crippen MR) is 103 cm³/mol. The lowest BCUT2D eigenvalue weighted by Gasteiger charge is -2.29. The average Bonchev–Trinajstić information content (AvgIpc) is 2.69. The standard InChI is InChI=1S/C21H20N4O/c1-15-7-2-4-10-17(15)22-21(26)18-12-13-20(24-23-18)25-14-6-9-16-8-3-5-11-19(16)25/h2-5,7-8,10-13H,6,9,14H2,1H3,(H,22,26). The highest BCUT2D eigenvalue weighted by Gasteiger charge is 2.19. The highest BCUT2D eigenvalue weighted by Crippen LogP contribution is 2.31. The Labute approximate surface area is 152 Å². The zero-order valence-electron chi connectivity index (χ0n) is 14.6. The van der Waals surface area contributed by atoms with E-state index in [4.69, 9.17) is 0 Å². The molecule has 4 rings (SSSR count). The van der Waals surface area contributed by atoms with Crippen LogP contribution in [0.2, 0.25) is 0 Å². The molecule has 2 heterocycles. The summed E-state index contributed by atoms with van der Waals surface area (Å²) in [5.74, 6) is 0.516. The molecular formula is C21H20N4O. The lowest BCUT2D eigenvalue weighted by molar-refractivity contribution is 0.102. The van der Waals surface area contributed by atoms with Gasteiger partial charge >= 0.3 is 0 Å². The molecule has 1 amide bonds. The van der Waals surface area contributed by atoms with E-state index in [2.05, 4.69) is 38.6 Å². The SMILES string of the molecule is Cc1ccccc1NC(=O)c1ccc(N2CCCc3ccccc32)nn1. The minimum atomic E-state index is -0.252. The maximum absolute atomic E-state index is 12.4. The van der Waals surface area contributed by atoms with Gasteiger partial charge in [-0.05, 0) is 55.2 Å². The molecule has 0 atom stereocenters. The van der Waals surface area contributed by atoms with Crippen molar-refractivity contribution < 1.29 is 4.79 Å². The second-order valence-corrected chi connectivity index (χ2v) is 6.43. The molecule has 0 spiro atoms. The zero-order chi connectivity index (χ0) is 17.9. The number of anilines is 3. The Hall–Kier alpha value is -3.21. The summed E-state index contributed by atoms with van der Waals surface area (Å²) in [5.41, 5.74) is 4.60. The van der Waals surface area contributed by atoms with Crippen molar-refractivity contribution >= 4 is 23.1 Å². The number of hydrogen-bond acceptors (Lipinski definition) is 4. The number of nitrogens with zero attached hydrogens (tertiary/aromatic N) is 3. The Balaban J connectivity index is 1.54. The fourth-order valence-corrected chi connectivity index (χ4v) is 3.26. The number of carbonyl (C=O) groups is 1. The zero-order valence-corrected chi connectivity index (χ0v) is 14.6. The van der Waals surface area contributed by atoms with E-state index in [9.17, 15) is 4.79 Å². The largest absolute Gasteiger partial charge is 0.325 e. The first-order valence-corrected chi connectivity index (χ1v) is 8.78. The van der Waals surface area contributed by atoms with Crippen LogP contribution in [0.1, 0.15) is 28.0 Å². The summed E-state index contributed by atoms with van der Waals surface area (Å²) in [4.78, 5) is 14.6. The summed E-state index contributed by atoms with van der Waals surface area (Å²) in [6.07, 6.45) is 2.16. The normalized spacial score (nSPS) is 13.2. The fraction of sp³-hybridized carbons (Fsp3) is 0.190. The molecular weight excluding hydrogens is 324 g/mol. The minimum Gasteiger partial charge on any atom is -0.325 e. The van der Waals surface area contributed by atoms with Crippen LogP contribution in [0.15, 0.2) is 60.7 Å². The van der Waals surface area contributed by atoms with Gasteiger partial charge < -0.3 is 10.2 Å². The third kappa shape index (κ3) is 3.16. The number of rotatable bonds is 3. The maximum atomic E-state index is 12.4. The van der Waals surface area contributed by atoms with E-state index in [0.717, 1.165) is 36.5 Å². The topological polar surface area (TPSA) is 58.1 Å². The van der Waals surface area contributed by atoms with Gasteiger partial charge in [0.2, 0.25) is 0 Å². The van der Waals surface area contributed by atoms with Crippen molar-refractivity contribution in [2.24, 2.45) is 0 Å². The van der Waals surface area contributed by atoms with Crippen LogP contribution in [0.3, 0.4) is 0 Å². The van der Waals surface area contributed by atoms with E-state index < -0.39 is 0 Å². The van der Waals surface area contributed by atoms with Crippen LogP contribution in [-0.2, 0) is 6.42 Å². The van der Waals surface area contributed by atoms with Crippen molar-refractivity contribution in [3.05, 3.63) is 77.5 Å². The number of aromatic nitrogens is 2. The van der Waals surface area contributed by atoms with Gasteiger partial charge in [-0.3, -0.25) is 4.79 Å². The van der Waals surface area contributed by atoms with Gasteiger partial charge in [-0.15, -0.1) is 10.2 Å². The van der Waals surface area contributed by atoms with E-state index in [0.29, 0.717) is 5.69 Å². The van der Waals surface area contributed by atoms with Crippen molar-refractivity contribution in [1.29, 1.82) is 0 Å². The molecule has 0 bridgehead atoms. The molecule has 5 heteroatoms. The molecule has 0 unspecified atom stereocenters. The van der Waals surface area contributed by atoms with Crippen molar-refractivity contribution in [2.75, 3.05) is 16.8 Å². The molecule has 0 saturated heterocycles. The summed E-state index contributed by atoms with van der Waals surface area (Å²) < 4.78 is 0. The molecule has 130 valence electrons. The smallest absolute Gasteiger partial charge is 0.276 e. The Morgan fingerprint density at radius 2 is 1.81 bits per heavy atom. The third-order valence-corrected chi connectivity index (χ3v) is 4.66. The monoisotopic (exact) mass is 344 g/mol. The van der Waals surface area contributed by atoms with E-state index >= 15 is 0 Å². The average molecular weight is 344 g/mol. The maximum Gasteiger partial charge on any atom is 0.276 e. The summed E-state index contributed by atoms with van der Waals surface area (Å²) >= 11 is 0. The number of aryl methyl sites for hydroxylation is 2. The van der Waals surface area contributed by atoms with Gasteiger partial charge in [0.1, 0.15) is 0 Å². The summed E-state index contributed by atoms with van der Waals surface area (Å²) in [7, 11) is 0. The second-order valence-electron chi connectivity index (χ2n) is 6.43. The van der Waals surface area contributed by atoms with E-state index in [1.54, 1.807) is 6.07 Å². The van der Waals surface area contributed by atoms with Crippen molar-refractivity contribution in [3.63, 3.8) is 0 Å². The molecule has 0 radical (unpaired) electrons. The molecule has 1 aliphatic heterocycles. The molecule has 0 fully saturated rings. The molecule has 1 aliphatic rings. The number of nitrogens with one attached hydrogen (secondary N) is 1. The first kappa shape index (κ1) is 16.3. The molecule has 5 nitrogen and oxygen atoms in total. The second kappa shape index (κ2) is 6.96. The molecule has 0 saturated carbocycles. The minimum absolute atomic E-state index is 0.252. The number of para-hydroxylation sites is 2. The molecule has 26 heavy (non-hydrogen) atoms. The highest BCUT2D eigenvalue weighted by atomic mass is 16.1. The van der Waals surface area contributed by atoms with Crippen LogP contribution in [0, 0.1) is 6.92 Å². The molecule has 2 aromatic carbocycles. The van der Waals surface area contributed by atoms with Crippen LogP contribution in [-0.4, -0.2) is 22.6 Å². The van der Waals surface area contributed by atoms with E-state index in [-0.39, 0.29) is 5.91 Å². The molecule has 0 aliphatic carbocycles. The fourth-order valence-electron chi connectivity index (χ4n) is 3.26. The van der Waals surface area contributed by atoms with Crippen LogP contribution in [0.5, 0.6) is 0 Å². The third-order valence-electron chi connectivity index (χ3n) is 4.66. The first-order valence-electron chi connectivity index (χ1n) is 8.78. The van der Waals surface area contributed by atoms with Gasteiger partial charge in [0, 0.05) is 17.9 Å². The molecule has 3 aromatic rings. The van der Waals surface area contributed by atoms with Gasteiger partial charge in [-0.25, -0.2) is 0 Å². The van der Waals surface area contributed by atoms with Crippen molar-refractivity contribution in [2.45, 2.75) is 19.8 Å². The summed E-state index contributed by atoms with van der Waals surface area (Å²) in [6, 6.07) is 19.6. The number of benzene rings is 2. The Kier molecular flexibility index (Phi) is 4.35. The highest BCUT2D eigenvalue weighted by molar-refractivity contribution is 6.03. The van der Waals surface area contributed by atoms with Crippen LogP contribution >= 0.6 is 0 Å². The number of amides is 1. The van der Waals surface area contributed by atoms with Gasteiger partial charge in [0.25, 0.3) is 5.91 Å². The van der Waals surface area contributed by atoms with Gasteiger partial charge in [0.15, 0.2) is 11.5 Å². The Morgan fingerprint density at radius 1 is 1.00 bits per heavy atom. The van der Waals surface area contributed by atoms with E-state index in [1.807, 2.05) is 43.3 Å². The lowest BCUT2D eigenvalue weighted by atomic mass is 10.0. The predicted octanol–water partition coefficient (Wildman–Crippen LogP) is 4.12. The number of carbonyl (C=O) groups excluding carboxylic acids is 1. The first-order chi connectivity index (χ1) is 12.7. The van der Waals surface area contributed by atoms with Gasteiger partial charge in [-0.1, -0.05) is 36.4 Å². The Bertz CT molecular complexity index is 937. The van der Waals surface area contributed by atoms with Crippen LogP contribution in [0.25, 0.3) is 0 Å². The molecule has 1 N–H and O–H groups in total. The number of fused-ring (bicyclic) bond motifs is 1. The van der Waals surface area contributed by atoms with Crippen LogP contribution < -0.4 is 10.2 Å². The van der Waals surface area contributed by atoms with Gasteiger partial charge in [-0.2, -0.15) is 0 Å². The van der Waals surface area contributed by atoms with Crippen molar-refractivity contribution in [1.82, 2.24) is 10.2 Å². The Morgan fingerprint density at radius 3 is 2.62 bits per heavy atom.